The van der Waals surface area contributed by atoms with Crippen molar-refractivity contribution >= 4 is 17.2 Å². The van der Waals surface area contributed by atoms with Crippen LogP contribution in [0, 0.1) is 0 Å². The minimum atomic E-state index is -1.05. The maximum Gasteiger partial charge on any atom is 0.410 e. The second kappa shape index (κ2) is 7.17. The van der Waals surface area contributed by atoms with E-state index in [-0.39, 0.29) is 24.8 Å². The first-order valence-electron chi connectivity index (χ1n) is 9.75. The molecule has 2 fully saturated rings. The maximum absolute atomic E-state index is 12.8. The second-order valence-corrected chi connectivity index (χ2v) is 7.77. The molecule has 7 nitrogen and oxygen atoms in total. The summed E-state index contributed by atoms with van der Waals surface area (Å²) in [6.07, 6.45) is 1.80. The number of amides is 1. The van der Waals surface area contributed by atoms with Crippen LogP contribution in [0.5, 0.6) is 0 Å². The van der Waals surface area contributed by atoms with Gasteiger partial charge >= 0.3 is 6.09 Å². The van der Waals surface area contributed by atoms with E-state index in [1.54, 1.807) is 4.90 Å². The number of aliphatic hydroxyl groups is 1. The van der Waals surface area contributed by atoms with Gasteiger partial charge in [0.1, 0.15) is 12.1 Å². The molecule has 2 unspecified atom stereocenters. The molecule has 0 spiro atoms. The van der Waals surface area contributed by atoms with Gasteiger partial charge in [0.05, 0.1) is 30.9 Å². The molecule has 5 rings (SSSR count). The van der Waals surface area contributed by atoms with E-state index in [2.05, 4.69) is 4.98 Å². The van der Waals surface area contributed by atoms with Crippen LogP contribution >= 0.6 is 0 Å². The number of morpholine rings is 1. The van der Waals surface area contributed by atoms with Gasteiger partial charge in [-0.1, -0.05) is 36.4 Å². The molecule has 3 aromatic rings. The van der Waals surface area contributed by atoms with Crippen molar-refractivity contribution in [1.82, 2.24) is 9.88 Å². The van der Waals surface area contributed by atoms with Crippen molar-refractivity contribution in [2.45, 2.75) is 37.1 Å². The van der Waals surface area contributed by atoms with Crippen LogP contribution in [0.15, 0.2) is 59.3 Å². The lowest BCUT2D eigenvalue weighted by Gasteiger charge is -2.51. The molecule has 3 heterocycles. The van der Waals surface area contributed by atoms with Crippen LogP contribution in [-0.4, -0.2) is 46.4 Å². The highest BCUT2D eigenvalue weighted by Crippen LogP contribution is 2.42. The number of aromatic nitrogens is 1. The summed E-state index contributed by atoms with van der Waals surface area (Å²) < 4.78 is 16.5. The van der Waals surface area contributed by atoms with Gasteiger partial charge in [-0.25, -0.2) is 9.78 Å². The highest BCUT2D eigenvalue weighted by molar-refractivity contribution is 5.73. The van der Waals surface area contributed by atoms with Gasteiger partial charge in [-0.05, 0) is 23.3 Å². The van der Waals surface area contributed by atoms with Crippen molar-refractivity contribution in [3.8, 4) is 0 Å². The highest BCUT2D eigenvalue weighted by atomic mass is 16.6. The summed E-state index contributed by atoms with van der Waals surface area (Å²) in [5.41, 5.74) is 2.07. The van der Waals surface area contributed by atoms with Gasteiger partial charge in [0.2, 0.25) is 0 Å². The number of carbonyl (C=O) groups excluding carboxylic acids is 1. The molecule has 2 aromatic carbocycles. The Labute approximate surface area is 167 Å². The minimum Gasteiger partial charge on any atom is -0.445 e. The summed E-state index contributed by atoms with van der Waals surface area (Å²) in [7, 11) is 0. The Bertz CT molecular complexity index is 1000. The topological polar surface area (TPSA) is 85.0 Å². The quantitative estimate of drug-likeness (QED) is 0.734. The largest absolute Gasteiger partial charge is 0.445 e. The lowest BCUT2D eigenvalue weighted by molar-refractivity contribution is -0.136. The van der Waals surface area contributed by atoms with Crippen LogP contribution in [0.1, 0.15) is 24.0 Å². The lowest BCUT2D eigenvalue weighted by atomic mass is 9.77. The fourth-order valence-electron chi connectivity index (χ4n) is 4.45. The summed E-state index contributed by atoms with van der Waals surface area (Å²) in [5.74, 6) is 0. The molecule has 0 aliphatic carbocycles. The van der Waals surface area contributed by atoms with Gasteiger partial charge in [0, 0.05) is 12.8 Å². The Balaban J connectivity index is 1.34. The summed E-state index contributed by atoms with van der Waals surface area (Å²) in [5, 5.41) is 11.5. The summed E-state index contributed by atoms with van der Waals surface area (Å²) >= 11 is 0. The first-order chi connectivity index (χ1) is 14.1. The molecule has 1 aromatic heterocycles. The zero-order valence-corrected chi connectivity index (χ0v) is 15.9. The smallest absolute Gasteiger partial charge is 0.410 e. The zero-order chi connectivity index (χ0) is 19.8. The number of benzene rings is 2. The lowest BCUT2D eigenvalue weighted by Crippen LogP contribution is -2.62. The van der Waals surface area contributed by atoms with Crippen molar-refractivity contribution in [3.63, 3.8) is 0 Å². The highest BCUT2D eigenvalue weighted by Gasteiger charge is 2.49. The number of oxazole rings is 1. The summed E-state index contributed by atoms with van der Waals surface area (Å²) in [6.45, 7) is 0.987. The summed E-state index contributed by atoms with van der Waals surface area (Å²) in [6, 6.07) is 14.7. The number of nitrogens with zero attached hydrogens (tertiary/aromatic N) is 2. The molecule has 2 atom stereocenters. The molecule has 1 amide bonds. The predicted octanol–water partition coefficient (Wildman–Crippen LogP) is 3.22. The van der Waals surface area contributed by atoms with Crippen LogP contribution in [0.4, 0.5) is 4.79 Å². The third kappa shape index (κ3) is 3.36. The van der Waals surface area contributed by atoms with E-state index in [9.17, 15) is 9.90 Å². The molecule has 29 heavy (non-hydrogen) atoms. The van der Waals surface area contributed by atoms with Crippen LogP contribution in [-0.2, 0) is 21.7 Å². The van der Waals surface area contributed by atoms with Crippen LogP contribution in [0.2, 0.25) is 0 Å². The average molecular weight is 394 g/mol. The van der Waals surface area contributed by atoms with Gasteiger partial charge in [0.25, 0.3) is 0 Å². The standard InChI is InChI=1S/C22H22N2O5/c25-21(28-11-15-4-2-1-3-5-15)24-17-9-22(26,10-18(24)13-27-12-17)16-6-7-20-19(8-16)23-14-29-20/h1-8,14,17-18,26H,9-13H2. The van der Waals surface area contributed by atoms with Gasteiger partial charge in [0.15, 0.2) is 12.0 Å². The maximum atomic E-state index is 12.8. The number of ether oxygens (including phenoxy) is 2. The molecule has 150 valence electrons. The molecular formula is C22H22N2O5. The fourth-order valence-corrected chi connectivity index (χ4v) is 4.45. The Morgan fingerprint density at radius 1 is 1.17 bits per heavy atom. The van der Waals surface area contributed by atoms with Crippen LogP contribution in [0.3, 0.4) is 0 Å². The SMILES string of the molecule is O=C(OCc1ccccc1)N1C2COCC1CC(O)(c1ccc3ocnc3c1)C2. The van der Waals surface area contributed by atoms with Crippen molar-refractivity contribution < 1.29 is 23.8 Å². The van der Waals surface area contributed by atoms with Gasteiger partial charge in [-0.3, -0.25) is 4.90 Å². The van der Waals surface area contributed by atoms with E-state index in [1.165, 1.54) is 6.39 Å². The molecular weight excluding hydrogens is 372 g/mol. The fraction of sp³-hybridized carbons (Fsp3) is 0.364. The molecule has 2 aliphatic heterocycles. The molecule has 2 saturated heterocycles. The Hall–Kier alpha value is -2.90. The molecule has 2 bridgehead atoms. The van der Waals surface area contributed by atoms with Gasteiger partial charge < -0.3 is 19.0 Å². The number of hydrogen-bond donors (Lipinski definition) is 1. The monoisotopic (exact) mass is 394 g/mol. The number of hydrogen-bond acceptors (Lipinski definition) is 6. The van der Waals surface area contributed by atoms with Gasteiger partial charge in [-0.2, -0.15) is 0 Å². The number of carbonyl (C=O) groups is 1. The van der Waals surface area contributed by atoms with Crippen molar-refractivity contribution in [1.29, 1.82) is 0 Å². The Morgan fingerprint density at radius 2 is 1.93 bits per heavy atom. The average Bonchev–Trinajstić information content (AvgIpc) is 3.20. The van der Waals surface area contributed by atoms with Crippen molar-refractivity contribution in [2.75, 3.05) is 13.2 Å². The number of fused-ring (bicyclic) bond motifs is 3. The van der Waals surface area contributed by atoms with E-state index in [0.29, 0.717) is 37.2 Å². The minimum absolute atomic E-state index is 0.226. The molecule has 2 aliphatic rings. The molecule has 7 heteroatoms. The van der Waals surface area contributed by atoms with E-state index in [1.807, 2.05) is 48.5 Å². The molecule has 1 N–H and O–H groups in total. The first kappa shape index (κ1) is 18.1. The van der Waals surface area contributed by atoms with Crippen molar-refractivity contribution in [2.24, 2.45) is 0 Å². The Kier molecular flexibility index (Phi) is 4.49. The second-order valence-electron chi connectivity index (χ2n) is 7.77. The number of piperidine rings is 1. The van der Waals surface area contributed by atoms with Gasteiger partial charge in [-0.15, -0.1) is 0 Å². The normalized spacial score (nSPS) is 26.4. The molecule has 0 radical (unpaired) electrons. The van der Waals surface area contributed by atoms with Crippen molar-refractivity contribution in [3.05, 3.63) is 66.1 Å². The predicted molar refractivity (Wildman–Crippen MR) is 104 cm³/mol. The van der Waals surface area contributed by atoms with Crippen LogP contribution < -0.4 is 0 Å². The summed E-state index contributed by atoms with van der Waals surface area (Å²) in [4.78, 5) is 18.7. The van der Waals surface area contributed by atoms with E-state index in [0.717, 1.165) is 11.1 Å². The molecule has 0 saturated carbocycles. The third-order valence-corrected chi connectivity index (χ3v) is 5.84. The third-order valence-electron chi connectivity index (χ3n) is 5.84. The van der Waals surface area contributed by atoms with E-state index < -0.39 is 5.60 Å². The first-order valence-corrected chi connectivity index (χ1v) is 9.75. The Morgan fingerprint density at radius 3 is 2.69 bits per heavy atom. The zero-order valence-electron chi connectivity index (χ0n) is 15.9. The van der Waals surface area contributed by atoms with E-state index >= 15 is 0 Å². The van der Waals surface area contributed by atoms with E-state index in [4.69, 9.17) is 13.9 Å². The number of rotatable bonds is 3. The van der Waals surface area contributed by atoms with Crippen LogP contribution in [0.25, 0.3) is 11.1 Å².